The smallest absolute Gasteiger partial charge is 0.0465 e. The topological polar surface area (TPSA) is 9.23 Å². The van der Waals surface area contributed by atoms with Crippen LogP contribution in [0.5, 0.6) is 0 Å². The Morgan fingerprint density at radius 3 is 2.82 bits per heavy atom. The number of methoxy groups -OCH3 is 1. The minimum absolute atomic E-state index is 0.898. The van der Waals surface area contributed by atoms with Crippen LogP contribution in [-0.2, 0) is 4.74 Å². The van der Waals surface area contributed by atoms with E-state index in [-0.39, 0.29) is 0 Å². The van der Waals surface area contributed by atoms with Crippen molar-refractivity contribution >= 4 is 0 Å². The maximum Gasteiger partial charge on any atom is 0.0465 e. The maximum atomic E-state index is 5.09. The highest BCUT2D eigenvalue weighted by Gasteiger charge is 2.34. The van der Waals surface area contributed by atoms with Gasteiger partial charge in [0.25, 0.3) is 0 Å². The number of allylic oxidation sites excluding steroid dienone is 2. The summed E-state index contributed by atoms with van der Waals surface area (Å²) in [7, 11) is 1.79. The Balaban J connectivity index is 1.84. The summed E-state index contributed by atoms with van der Waals surface area (Å²) in [4.78, 5) is 0. The molecule has 2 aliphatic carbocycles. The molecule has 3 atom stereocenters. The molecule has 1 saturated carbocycles. The molecule has 3 unspecified atom stereocenters. The highest BCUT2D eigenvalue weighted by Crippen LogP contribution is 2.44. The second-order valence-corrected chi connectivity index (χ2v) is 3.82. The van der Waals surface area contributed by atoms with E-state index in [9.17, 15) is 0 Å². The van der Waals surface area contributed by atoms with Crippen molar-refractivity contribution in [2.24, 2.45) is 17.8 Å². The largest absolute Gasteiger partial charge is 0.385 e. The van der Waals surface area contributed by atoms with E-state index in [1.165, 1.54) is 19.3 Å². The second kappa shape index (κ2) is 2.98. The fraction of sp³-hybridized carbons (Fsp3) is 0.800. The van der Waals surface area contributed by atoms with E-state index in [1.54, 1.807) is 7.11 Å². The standard InChI is InChI=1S/C10H16O/c1-11-5-4-10-7-8-2-3-9(10)6-8/h2-3,8-10H,4-7H2,1H3. The molecular formula is C10H16O. The molecule has 62 valence electrons. The molecular weight excluding hydrogens is 136 g/mol. The van der Waals surface area contributed by atoms with Gasteiger partial charge in [0.2, 0.25) is 0 Å². The van der Waals surface area contributed by atoms with Crippen molar-refractivity contribution in [3.05, 3.63) is 12.2 Å². The highest BCUT2D eigenvalue weighted by atomic mass is 16.5. The average molecular weight is 152 g/mol. The summed E-state index contributed by atoms with van der Waals surface area (Å²) in [6.45, 7) is 0.946. The predicted octanol–water partition coefficient (Wildman–Crippen LogP) is 2.24. The third-order valence-electron chi connectivity index (χ3n) is 3.11. The van der Waals surface area contributed by atoms with Crippen LogP contribution in [0.3, 0.4) is 0 Å². The molecule has 11 heavy (non-hydrogen) atoms. The molecule has 1 nitrogen and oxygen atoms in total. The van der Waals surface area contributed by atoms with Crippen LogP contribution in [0.25, 0.3) is 0 Å². The number of ether oxygens (including phenoxy) is 1. The lowest BCUT2D eigenvalue weighted by atomic mass is 9.91. The van der Waals surface area contributed by atoms with Crippen molar-refractivity contribution in [1.82, 2.24) is 0 Å². The number of hydrogen-bond donors (Lipinski definition) is 0. The van der Waals surface area contributed by atoms with Gasteiger partial charge in [-0.3, -0.25) is 0 Å². The SMILES string of the molecule is COCCC1CC2C=CC1C2. The van der Waals surface area contributed by atoms with Gasteiger partial charge in [-0.2, -0.15) is 0 Å². The van der Waals surface area contributed by atoms with Gasteiger partial charge < -0.3 is 4.74 Å². The number of hydrogen-bond acceptors (Lipinski definition) is 1. The number of fused-ring (bicyclic) bond motifs is 2. The van der Waals surface area contributed by atoms with Gasteiger partial charge in [0.05, 0.1) is 0 Å². The first-order valence-corrected chi connectivity index (χ1v) is 4.57. The normalized spacial score (nSPS) is 40.3. The maximum absolute atomic E-state index is 5.09. The molecule has 0 radical (unpaired) electrons. The number of rotatable bonds is 3. The first kappa shape index (κ1) is 7.35. The van der Waals surface area contributed by atoms with Crippen LogP contribution in [0, 0.1) is 17.8 Å². The van der Waals surface area contributed by atoms with Gasteiger partial charge in [-0.25, -0.2) is 0 Å². The van der Waals surface area contributed by atoms with Crippen LogP contribution in [0.15, 0.2) is 12.2 Å². The van der Waals surface area contributed by atoms with Crippen LogP contribution < -0.4 is 0 Å². The zero-order valence-corrected chi connectivity index (χ0v) is 7.12. The summed E-state index contributed by atoms with van der Waals surface area (Å²) < 4.78 is 5.09. The summed E-state index contributed by atoms with van der Waals surface area (Å²) in [6, 6.07) is 0. The minimum atomic E-state index is 0.898. The van der Waals surface area contributed by atoms with Gasteiger partial charge in [0.15, 0.2) is 0 Å². The Morgan fingerprint density at radius 2 is 2.27 bits per heavy atom. The lowest BCUT2D eigenvalue weighted by Gasteiger charge is -2.16. The summed E-state index contributed by atoms with van der Waals surface area (Å²) in [5.41, 5.74) is 0. The van der Waals surface area contributed by atoms with E-state index in [1.807, 2.05) is 0 Å². The third kappa shape index (κ3) is 1.34. The molecule has 1 fully saturated rings. The molecule has 0 N–H and O–H groups in total. The van der Waals surface area contributed by atoms with E-state index < -0.39 is 0 Å². The van der Waals surface area contributed by atoms with Crippen molar-refractivity contribution in [2.75, 3.05) is 13.7 Å². The Hall–Kier alpha value is -0.300. The van der Waals surface area contributed by atoms with Gasteiger partial charge in [0.1, 0.15) is 0 Å². The summed E-state index contributed by atoms with van der Waals surface area (Å²) in [6.07, 6.45) is 8.92. The Kier molecular flexibility index (Phi) is 1.99. The van der Waals surface area contributed by atoms with Crippen molar-refractivity contribution in [2.45, 2.75) is 19.3 Å². The second-order valence-electron chi connectivity index (χ2n) is 3.82. The fourth-order valence-electron chi connectivity index (χ4n) is 2.50. The molecule has 1 heteroatoms. The van der Waals surface area contributed by atoms with Crippen LogP contribution in [0.1, 0.15) is 19.3 Å². The summed E-state index contributed by atoms with van der Waals surface area (Å²) in [5.74, 6) is 2.75. The first-order chi connectivity index (χ1) is 5.40. The Morgan fingerprint density at radius 1 is 1.36 bits per heavy atom. The van der Waals surface area contributed by atoms with Crippen molar-refractivity contribution in [3.8, 4) is 0 Å². The molecule has 0 aromatic carbocycles. The minimum Gasteiger partial charge on any atom is -0.385 e. The van der Waals surface area contributed by atoms with E-state index in [2.05, 4.69) is 12.2 Å². The van der Waals surface area contributed by atoms with Gasteiger partial charge in [-0.1, -0.05) is 12.2 Å². The van der Waals surface area contributed by atoms with E-state index in [4.69, 9.17) is 4.74 Å². The monoisotopic (exact) mass is 152 g/mol. The molecule has 0 saturated heterocycles. The molecule has 0 aromatic heterocycles. The molecule has 2 bridgehead atoms. The Bertz CT molecular complexity index is 162. The zero-order chi connectivity index (χ0) is 7.68. The highest BCUT2D eigenvalue weighted by molar-refractivity contribution is 5.09. The molecule has 2 aliphatic rings. The lowest BCUT2D eigenvalue weighted by molar-refractivity contribution is 0.171. The van der Waals surface area contributed by atoms with Gasteiger partial charge >= 0.3 is 0 Å². The fourth-order valence-corrected chi connectivity index (χ4v) is 2.50. The Labute approximate surface area is 68.4 Å². The van der Waals surface area contributed by atoms with Crippen molar-refractivity contribution in [1.29, 1.82) is 0 Å². The van der Waals surface area contributed by atoms with E-state index >= 15 is 0 Å². The van der Waals surface area contributed by atoms with E-state index in [0.717, 1.165) is 24.4 Å². The summed E-state index contributed by atoms with van der Waals surface area (Å²) in [5, 5.41) is 0. The van der Waals surface area contributed by atoms with Crippen molar-refractivity contribution in [3.63, 3.8) is 0 Å². The zero-order valence-electron chi connectivity index (χ0n) is 7.12. The first-order valence-electron chi connectivity index (χ1n) is 4.57. The lowest BCUT2D eigenvalue weighted by Crippen LogP contribution is -2.09. The van der Waals surface area contributed by atoms with Gasteiger partial charge in [0, 0.05) is 13.7 Å². The molecule has 0 aromatic rings. The van der Waals surface area contributed by atoms with E-state index in [0.29, 0.717) is 0 Å². The van der Waals surface area contributed by atoms with Gasteiger partial charge in [-0.15, -0.1) is 0 Å². The molecule has 0 aliphatic heterocycles. The molecule has 2 rings (SSSR count). The van der Waals surface area contributed by atoms with Crippen LogP contribution in [-0.4, -0.2) is 13.7 Å². The molecule has 0 heterocycles. The van der Waals surface area contributed by atoms with Gasteiger partial charge in [-0.05, 0) is 37.0 Å². The van der Waals surface area contributed by atoms with Crippen LogP contribution in [0.4, 0.5) is 0 Å². The average Bonchev–Trinajstić information content (AvgIpc) is 2.60. The van der Waals surface area contributed by atoms with Crippen LogP contribution in [0.2, 0.25) is 0 Å². The predicted molar refractivity (Wildman–Crippen MR) is 45.3 cm³/mol. The molecule has 0 amide bonds. The molecule has 0 spiro atoms. The summed E-state index contributed by atoms with van der Waals surface area (Å²) >= 11 is 0. The van der Waals surface area contributed by atoms with Crippen molar-refractivity contribution < 1.29 is 4.74 Å². The van der Waals surface area contributed by atoms with Crippen LogP contribution >= 0.6 is 0 Å². The quantitative estimate of drug-likeness (QED) is 0.563. The third-order valence-corrected chi connectivity index (χ3v) is 3.11.